The van der Waals surface area contributed by atoms with Gasteiger partial charge in [0.1, 0.15) is 5.76 Å². The van der Waals surface area contributed by atoms with Gasteiger partial charge in [-0.25, -0.2) is 0 Å². The Bertz CT molecular complexity index is 810. The van der Waals surface area contributed by atoms with Gasteiger partial charge in [0.25, 0.3) is 0 Å². The zero-order valence-electron chi connectivity index (χ0n) is 16.3. The van der Waals surface area contributed by atoms with Crippen LogP contribution >= 0.6 is 23.2 Å². The van der Waals surface area contributed by atoms with Gasteiger partial charge in [-0.1, -0.05) is 77.4 Å². The Balaban J connectivity index is 2.43. The van der Waals surface area contributed by atoms with E-state index < -0.39 is 0 Å². The highest BCUT2D eigenvalue weighted by atomic mass is 35.5. The first-order valence-electron chi connectivity index (χ1n) is 8.72. The van der Waals surface area contributed by atoms with E-state index in [0.29, 0.717) is 22.4 Å². The third-order valence-electron chi connectivity index (χ3n) is 3.38. The highest BCUT2D eigenvalue weighted by Crippen LogP contribution is 2.10. The molecule has 148 valence electrons. The van der Waals surface area contributed by atoms with Gasteiger partial charge < -0.3 is 10.1 Å². The molecule has 28 heavy (non-hydrogen) atoms. The van der Waals surface area contributed by atoms with Crippen molar-refractivity contribution in [3.05, 3.63) is 99.8 Å². The van der Waals surface area contributed by atoms with Crippen molar-refractivity contribution in [3.8, 4) is 0 Å². The monoisotopic (exact) mass is 417 g/mol. The Kier molecular flexibility index (Phi) is 11.5. The van der Waals surface area contributed by atoms with Crippen molar-refractivity contribution in [3.63, 3.8) is 0 Å². The summed E-state index contributed by atoms with van der Waals surface area (Å²) < 4.78 is 5.20. The van der Waals surface area contributed by atoms with E-state index in [1.807, 2.05) is 61.6 Å². The molecule has 0 aliphatic rings. The van der Waals surface area contributed by atoms with Crippen LogP contribution in [0.3, 0.4) is 0 Å². The predicted octanol–water partition coefficient (Wildman–Crippen LogP) is 6.20. The molecule has 0 fully saturated rings. The molecule has 1 aromatic rings. The Morgan fingerprint density at radius 3 is 2.43 bits per heavy atom. The fourth-order valence-corrected chi connectivity index (χ4v) is 2.21. The lowest BCUT2D eigenvalue weighted by Gasteiger charge is -1.99. The van der Waals surface area contributed by atoms with Crippen LogP contribution in [-0.4, -0.2) is 19.6 Å². The Labute approximate surface area is 177 Å². The maximum atomic E-state index is 11.8. The minimum atomic E-state index is -0.156. The molecule has 5 heteroatoms. The number of carbonyl (C=O) groups excluding carboxylic acids is 1. The van der Waals surface area contributed by atoms with Gasteiger partial charge in [0, 0.05) is 22.7 Å². The van der Waals surface area contributed by atoms with Crippen LogP contribution in [0.5, 0.6) is 0 Å². The largest absolute Gasteiger partial charge is 0.497 e. The first-order valence-corrected chi connectivity index (χ1v) is 9.47. The minimum absolute atomic E-state index is 0.156. The number of methoxy groups -OCH3 is 1. The van der Waals surface area contributed by atoms with Gasteiger partial charge in [0.15, 0.2) is 0 Å². The maximum absolute atomic E-state index is 11.8. The zero-order chi connectivity index (χ0) is 20.8. The topological polar surface area (TPSA) is 38.3 Å². The Hall–Kier alpha value is -2.49. The molecule has 0 bridgehead atoms. The SMILES string of the molecule is COC(/C=C(\C)Cl)=C/C=C(C)/C=C/C=C/C(=O)NC/C=C\c1ccc(Cl)cc1. The number of rotatable bonds is 9. The fourth-order valence-electron chi connectivity index (χ4n) is 1.98. The highest BCUT2D eigenvalue weighted by Gasteiger charge is 1.92. The second-order valence-corrected chi connectivity index (χ2v) is 6.86. The number of hydrogen-bond donors (Lipinski definition) is 1. The number of hydrogen-bond acceptors (Lipinski definition) is 2. The van der Waals surface area contributed by atoms with Crippen LogP contribution in [0.4, 0.5) is 0 Å². The molecule has 0 heterocycles. The van der Waals surface area contributed by atoms with Gasteiger partial charge in [0.05, 0.1) is 7.11 Å². The standard InChI is InChI=1S/C23H25Cl2NO2/c1-18(10-15-22(28-3)17-19(2)24)7-4-5-9-23(27)26-16-6-8-20-11-13-21(25)14-12-20/h4-15,17H,16H2,1-3H3,(H,26,27)/b7-4+,8-6-,9-5+,18-10+,19-17+,22-15+. The van der Waals surface area contributed by atoms with Crippen molar-refractivity contribution in [1.29, 1.82) is 0 Å². The quantitative estimate of drug-likeness (QED) is 0.295. The number of benzene rings is 1. The Morgan fingerprint density at radius 2 is 1.79 bits per heavy atom. The molecule has 3 nitrogen and oxygen atoms in total. The summed E-state index contributed by atoms with van der Waals surface area (Å²) in [5, 5.41) is 4.13. The molecule has 1 aromatic carbocycles. The van der Waals surface area contributed by atoms with Crippen LogP contribution in [-0.2, 0) is 9.53 Å². The van der Waals surface area contributed by atoms with Crippen molar-refractivity contribution in [2.75, 3.05) is 13.7 Å². The molecule has 0 aromatic heterocycles. The average molecular weight is 418 g/mol. The summed E-state index contributed by atoms with van der Waals surface area (Å²) in [6, 6.07) is 7.48. The van der Waals surface area contributed by atoms with Crippen LogP contribution < -0.4 is 5.32 Å². The maximum Gasteiger partial charge on any atom is 0.244 e. The zero-order valence-corrected chi connectivity index (χ0v) is 17.8. The molecule has 0 saturated carbocycles. The van der Waals surface area contributed by atoms with Crippen LogP contribution in [0, 0.1) is 0 Å². The van der Waals surface area contributed by atoms with Gasteiger partial charge in [-0.2, -0.15) is 0 Å². The van der Waals surface area contributed by atoms with Gasteiger partial charge in [-0.3, -0.25) is 4.79 Å². The smallest absolute Gasteiger partial charge is 0.244 e. The average Bonchev–Trinajstić information content (AvgIpc) is 2.66. The van der Waals surface area contributed by atoms with E-state index in [-0.39, 0.29) is 5.91 Å². The number of amides is 1. The Morgan fingerprint density at radius 1 is 1.11 bits per heavy atom. The van der Waals surface area contributed by atoms with Crippen LogP contribution in [0.1, 0.15) is 19.4 Å². The molecular weight excluding hydrogens is 393 g/mol. The summed E-state index contributed by atoms with van der Waals surface area (Å²) in [5.74, 6) is 0.512. The second-order valence-electron chi connectivity index (χ2n) is 5.83. The third kappa shape index (κ3) is 11.3. The molecule has 0 atom stereocenters. The molecule has 1 rings (SSSR count). The molecule has 0 aliphatic carbocycles. The lowest BCUT2D eigenvalue weighted by molar-refractivity contribution is -0.116. The molecule has 0 aliphatic heterocycles. The summed E-state index contributed by atoms with van der Waals surface area (Å²) in [7, 11) is 1.59. The van der Waals surface area contributed by atoms with Crippen molar-refractivity contribution in [2.24, 2.45) is 0 Å². The molecule has 0 radical (unpaired) electrons. The van der Waals surface area contributed by atoms with Crippen LogP contribution in [0.2, 0.25) is 5.02 Å². The molecule has 0 spiro atoms. The summed E-state index contributed by atoms with van der Waals surface area (Å²) in [5.41, 5.74) is 2.04. The van der Waals surface area contributed by atoms with Crippen LogP contribution in [0.15, 0.2) is 89.2 Å². The summed E-state index contributed by atoms with van der Waals surface area (Å²) in [6.45, 7) is 4.19. The molecule has 1 N–H and O–H groups in total. The lowest BCUT2D eigenvalue weighted by Crippen LogP contribution is -2.20. The van der Waals surface area contributed by atoms with Crippen molar-refractivity contribution >= 4 is 35.2 Å². The van der Waals surface area contributed by atoms with E-state index in [2.05, 4.69) is 5.32 Å². The van der Waals surface area contributed by atoms with Gasteiger partial charge >= 0.3 is 0 Å². The lowest BCUT2D eigenvalue weighted by atomic mass is 10.2. The molecule has 0 saturated heterocycles. The van der Waals surface area contributed by atoms with Gasteiger partial charge in [-0.15, -0.1) is 0 Å². The normalized spacial score (nSPS) is 13.7. The number of ether oxygens (including phenoxy) is 1. The van der Waals surface area contributed by atoms with Crippen molar-refractivity contribution < 1.29 is 9.53 Å². The van der Waals surface area contributed by atoms with E-state index in [1.165, 1.54) is 6.08 Å². The van der Waals surface area contributed by atoms with E-state index in [0.717, 1.165) is 11.1 Å². The third-order valence-corrected chi connectivity index (χ3v) is 3.74. The van der Waals surface area contributed by atoms with Crippen LogP contribution in [0.25, 0.3) is 6.08 Å². The number of nitrogens with one attached hydrogen (secondary N) is 1. The summed E-state index contributed by atoms with van der Waals surface area (Å²) in [4.78, 5) is 11.8. The van der Waals surface area contributed by atoms with Gasteiger partial charge in [-0.05, 0) is 43.7 Å². The molecule has 0 unspecified atom stereocenters. The number of halogens is 2. The second kappa shape index (κ2) is 13.6. The van der Waals surface area contributed by atoms with Crippen molar-refractivity contribution in [2.45, 2.75) is 13.8 Å². The van der Waals surface area contributed by atoms with Gasteiger partial charge in [0.2, 0.25) is 5.91 Å². The first-order chi connectivity index (χ1) is 13.4. The molecule has 1 amide bonds. The number of carbonyl (C=O) groups is 1. The number of allylic oxidation sites excluding steroid dienone is 8. The predicted molar refractivity (Wildman–Crippen MR) is 120 cm³/mol. The van der Waals surface area contributed by atoms with Crippen molar-refractivity contribution in [1.82, 2.24) is 5.32 Å². The first kappa shape index (κ1) is 23.5. The fraction of sp³-hybridized carbons (Fsp3) is 0.174. The summed E-state index contributed by atoms with van der Waals surface area (Å²) >= 11 is 11.7. The minimum Gasteiger partial charge on any atom is -0.497 e. The van der Waals surface area contributed by atoms with E-state index in [4.69, 9.17) is 27.9 Å². The van der Waals surface area contributed by atoms with E-state index in [1.54, 1.807) is 32.3 Å². The summed E-state index contributed by atoms with van der Waals surface area (Å²) in [6.07, 6.45) is 16.2. The highest BCUT2D eigenvalue weighted by molar-refractivity contribution is 6.30. The van der Waals surface area contributed by atoms with E-state index >= 15 is 0 Å². The molecular formula is C23H25Cl2NO2. The van der Waals surface area contributed by atoms with E-state index in [9.17, 15) is 4.79 Å².